The summed E-state index contributed by atoms with van der Waals surface area (Å²) < 4.78 is 43.7. The first-order chi connectivity index (χ1) is 14.7. The Bertz CT molecular complexity index is 1110. The summed E-state index contributed by atoms with van der Waals surface area (Å²) in [4.78, 5) is 30.9. The van der Waals surface area contributed by atoms with Crippen molar-refractivity contribution in [3.63, 3.8) is 0 Å². The van der Waals surface area contributed by atoms with Gasteiger partial charge in [-0.15, -0.1) is 0 Å². The molecule has 0 spiro atoms. The van der Waals surface area contributed by atoms with Gasteiger partial charge in [-0.2, -0.15) is 13.2 Å². The molecule has 0 saturated carbocycles. The molecule has 3 aromatic rings. The van der Waals surface area contributed by atoms with Gasteiger partial charge in [0.1, 0.15) is 5.75 Å². The van der Waals surface area contributed by atoms with E-state index in [1.165, 1.54) is 14.2 Å². The van der Waals surface area contributed by atoms with Crippen molar-refractivity contribution in [2.24, 2.45) is 0 Å². The number of fused-ring (bicyclic) bond motifs is 1. The summed E-state index contributed by atoms with van der Waals surface area (Å²) in [5.74, 6) is -0.0249. The molecule has 0 aliphatic heterocycles. The van der Waals surface area contributed by atoms with Crippen molar-refractivity contribution >= 4 is 28.7 Å². The lowest BCUT2D eigenvalue weighted by Gasteiger charge is -2.14. The van der Waals surface area contributed by atoms with E-state index in [4.69, 9.17) is 4.74 Å². The quantitative estimate of drug-likeness (QED) is 0.476. The molecule has 164 valence electrons. The molecular weight excluding hydrogens is 415 g/mol. The fourth-order valence-electron chi connectivity index (χ4n) is 2.91. The lowest BCUT2D eigenvalue weighted by molar-refractivity contribution is -0.137. The van der Waals surface area contributed by atoms with E-state index < -0.39 is 17.8 Å². The summed E-state index contributed by atoms with van der Waals surface area (Å²) in [7, 11) is 2.81. The van der Waals surface area contributed by atoms with Gasteiger partial charge in [0.2, 0.25) is 0 Å². The third kappa shape index (κ3) is 5.24. The number of ether oxygens (including phenoxy) is 1. The first kappa shape index (κ1) is 21.9. The molecule has 3 amide bonds. The van der Waals surface area contributed by atoms with Crippen LogP contribution in [0.25, 0.3) is 11.0 Å². The Balaban J connectivity index is 1.61. The average molecular weight is 435 g/mol. The maximum atomic E-state index is 12.9. The van der Waals surface area contributed by atoms with Gasteiger partial charge in [-0.05, 0) is 42.3 Å². The number of amides is 3. The first-order valence-electron chi connectivity index (χ1n) is 9.22. The number of aromatic amines is 1. The zero-order chi connectivity index (χ0) is 22.6. The number of anilines is 1. The van der Waals surface area contributed by atoms with Gasteiger partial charge in [-0.25, -0.2) is 9.78 Å². The van der Waals surface area contributed by atoms with Crippen molar-refractivity contribution in [2.45, 2.75) is 12.6 Å². The van der Waals surface area contributed by atoms with E-state index >= 15 is 0 Å². The van der Waals surface area contributed by atoms with Crippen LogP contribution in [0.4, 0.5) is 23.7 Å². The normalized spacial score (nSPS) is 11.3. The first-order valence-corrected chi connectivity index (χ1v) is 9.22. The highest BCUT2D eigenvalue weighted by Crippen LogP contribution is 2.34. The predicted molar refractivity (Wildman–Crippen MR) is 108 cm³/mol. The van der Waals surface area contributed by atoms with Crippen LogP contribution in [-0.2, 0) is 12.6 Å². The molecule has 3 rings (SSSR count). The van der Waals surface area contributed by atoms with Gasteiger partial charge in [0.05, 0.1) is 29.4 Å². The van der Waals surface area contributed by atoms with Gasteiger partial charge in [-0.3, -0.25) is 4.79 Å². The topological polar surface area (TPSA) is 108 Å². The molecule has 0 atom stereocenters. The van der Waals surface area contributed by atoms with E-state index in [1.807, 2.05) is 12.1 Å². The minimum atomic E-state index is -4.54. The molecule has 2 aromatic carbocycles. The largest absolute Gasteiger partial charge is 0.495 e. The van der Waals surface area contributed by atoms with Gasteiger partial charge in [0.15, 0.2) is 5.82 Å². The number of alkyl halides is 3. The van der Waals surface area contributed by atoms with Crippen molar-refractivity contribution in [3.05, 3.63) is 53.3 Å². The number of rotatable bonds is 6. The van der Waals surface area contributed by atoms with Crippen molar-refractivity contribution < 1.29 is 27.5 Å². The van der Waals surface area contributed by atoms with Crippen LogP contribution in [0.15, 0.2) is 36.4 Å². The summed E-state index contributed by atoms with van der Waals surface area (Å²) in [6.45, 7) is 0.231. The Kier molecular flexibility index (Phi) is 6.33. The summed E-state index contributed by atoms with van der Waals surface area (Å²) in [6.07, 6.45) is -4.08. The van der Waals surface area contributed by atoms with Gasteiger partial charge in [0, 0.05) is 13.6 Å². The van der Waals surface area contributed by atoms with Gasteiger partial charge < -0.3 is 25.7 Å². The maximum absolute atomic E-state index is 12.9. The highest BCUT2D eigenvalue weighted by Gasteiger charge is 2.31. The van der Waals surface area contributed by atoms with Crippen LogP contribution < -0.4 is 20.7 Å². The summed E-state index contributed by atoms with van der Waals surface area (Å²) in [5.41, 5.74) is 1.19. The molecule has 1 heterocycles. The van der Waals surface area contributed by atoms with E-state index in [0.717, 1.165) is 23.8 Å². The standard InChI is InChI=1S/C20H20F3N5O3/c1-24-18(29)17-26-13-5-3-11(9-14(13)27-17)7-8-25-19(30)28-15-10-12(20(21,22)23)4-6-16(15)31-2/h3-6,9-10H,7-8H2,1-2H3,(H,24,29)(H,26,27)(H2,25,28,30). The van der Waals surface area contributed by atoms with Crippen LogP contribution in [0.2, 0.25) is 0 Å². The molecule has 4 N–H and O–H groups in total. The number of nitrogens with zero attached hydrogens (tertiary/aromatic N) is 1. The third-order valence-electron chi connectivity index (χ3n) is 4.46. The molecule has 8 nitrogen and oxygen atoms in total. The van der Waals surface area contributed by atoms with Crippen LogP contribution in [0.1, 0.15) is 21.7 Å². The third-order valence-corrected chi connectivity index (χ3v) is 4.46. The lowest BCUT2D eigenvalue weighted by atomic mass is 10.1. The molecule has 31 heavy (non-hydrogen) atoms. The van der Waals surface area contributed by atoms with Crippen molar-refractivity contribution in [1.82, 2.24) is 20.6 Å². The van der Waals surface area contributed by atoms with Crippen LogP contribution in [0, 0.1) is 0 Å². The molecule has 0 fully saturated rings. The number of aromatic nitrogens is 2. The number of carbonyl (C=O) groups is 2. The fraction of sp³-hybridized carbons (Fsp3) is 0.250. The number of imidazole rings is 1. The zero-order valence-corrected chi connectivity index (χ0v) is 16.7. The number of benzene rings is 2. The summed E-state index contributed by atoms with van der Waals surface area (Å²) in [5, 5.41) is 7.45. The minimum Gasteiger partial charge on any atom is -0.495 e. The summed E-state index contributed by atoms with van der Waals surface area (Å²) in [6, 6.07) is 7.54. The van der Waals surface area contributed by atoms with Crippen molar-refractivity contribution in [2.75, 3.05) is 26.0 Å². The number of hydrogen-bond acceptors (Lipinski definition) is 4. The Morgan fingerprint density at radius 3 is 2.61 bits per heavy atom. The predicted octanol–water partition coefficient (Wildman–Crippen LogP) is 3.31. The molecular formula is C20H20F3N5O3. The molecule has 0 unspecified atom stereocenters. The Labute approximate surface area is 175 Å². The fourth-order valence-corrected chi connectivity index (χ4v) is 2.91. The molecule has 0 aliphatic carbocycles. The van der Waals surface area contributed by atoms with Gasteiger partial charge >= 0.3 is 12.2 Å². The highest BCUT2D eigenvalue weighted by atomic mass is 19.4. The summed E-state index contributed by atoms with van der Waals surface area (Å²) >= 11 is 0. The van der Waals surface area contributed by atoms with E-state index in [2.05, 4.69) is 25.9 Å². The SMILES string of the molecule is CNC(=O)c1nc2ccc(CCNC(=O)Nc3cc(C(F)(F)F)ccc3OC)cc2[nH]1. The number of nitrogens with one attached hydrogen (secondary N) is 4. The average Bonchev–Trinajstić information content (AvgIpc) is 3.16. The molecule has 0 aliphatic rings. The number of halogens is 3. The molecule has 0 radical (unpaired) electrons. The van der Waals surface area contributed by atoms with Crippen LogP contribution >= 0.6 is 0 Å². The second-order valence-electron chi connectivity index (χ2n) is 6.56. The zero-order valence-electron chi connectivity index (χ0n) is 16.7. The van der Waals surface area contributed by atoms with Gasteiger partial charge in [0.25, 0.3) is 5.91 Å². The molecule has 0 saturated heterocycles. The highest BCUT2D eigenvalue weighted by molar-refractivity contribution is 5.94. The van der Waals surface area contributed by atoms with Crippen LogP contribution in [-0.4, -0.2) is 42.6 Å². The van der Waals surface area contributed by atoms with Crippen LogP contribution in [0.5, 0.6) is 5.75 Å². The van der Waals surface area contributed by atoms with E-state index in [9.17, 15) is 22.8 Å². The van der Waals surface area contributed by atoms with E-state index in [0.29, 0.717) is 17.5 Å². The number of H-pyrrole nitrogens is 1. The monoisotopic (exact) mass is 435 g/mol. The van der Waals surface area contributed by atoms with Crippen LogP contribution in [0.3, 0.4) is 0 Å². The second-order valence-corrected chi connectivity index (χ2v) is 6.56. The second kappa shape index (κ2) is 8.94. The van der Waals surface area contributed by atoms with Crippen molar-refractivity contribution in [3.8, 4) is 5.75 Å². The Morgan fingerprint density at radius 1 is 1.16 bits per heavy atom. The van der Waals surface area contributed by atoms with E-state index in [-0.39, 0.29) is 29.7 Å². The molecule has 11 heteroatoms. The number of urea groups is 1. The molecule has 0 bridgehead atoms. The smallest absolute Gasteiger partial charge is 0.416 e. The number of carbonyl (C=O) groups excluding carboxylic acids is 2. The lowest BCUT2D eigenvalue weighted by Crippen LogP contribution is -2.30. The molecule has 1 aromatic heterocycles. The Morgan fingerprint density at radius 2 is 1.94 bits per heavy atom. The maximum Gasteiger partial charge on any atom is 0.416 e. The van der Waals surface area contributed by atoms with Gasteiger partial charge in [-0.1, -0.05) is 6.07 Å². The Hall–Kier alpha value is -3.76. The number of methoxy groups -OCH3 is 1. The minimum absolute atomic E-state index is 0.0876. The number of hydrogen-bond donors (Lipinski definition) is 4. The van der Waals surface area contributed by atoms with Crippen molar-refractivity contribution in [1.29, 1.82) is 0 Å². The van der Waals surface area contributed by atoms with E-state index in [1.54, 1.807) is 6.07 Å².